The molecule has 7 heteroatoms. The van der Waals surface area contributed by atoms with E-state index in [0.29, 0.717) is 0 Å². The molecular weight excluding hydrogens is 224 g/mol. The molecule has 0 heterocycles. The second kappa shape index (κ2) is 4.18. The van der Waals surface area contributed by atoms with Crippen LogP contribution in [0.5, 0.6) is 5.75 Å². The summed E-state index contributed by atoms with van der Waals surface area (Å²) in [5, 5.41) is 0. The fraction of sp³-hybridized carbons (Fsp3) is 0.250. The van der Waals surface area contributed by atoms with Crippen molar-refractivity contribution in [2.45, 2.75) is 6.16 Å². The van der Waals surface area contributed by atoms with Gasteiger partial charge in [-0.15, -0.1) is 0 Å². The number of hydrogen-bond donors (Lipinski definition) is 3. The molecule has 0 aromatic heterocycles. The summed E-state index contributed by atoms with van der Waals surface area (Å²) in [4.78, 5) is 17.4. The second-order valence-corrected chi connectivity index (χ2v) is 4.63. The molecule has 0 unspecified atom stereocenters. The molecule has 0 aliphatic carbocycles. The van der Waals surface area contributed by atoms with Crippen LogP contribution in [0.2, 0.25) is 0 Å². The van der Waals surface area contributed by atoms with Gasteiger partial charge in [0.1, 0.15) is 0 Å². The number of halogens is 1. The highest BCUT2D eigenvalue weighted by atomic mass is 31.2. The van der Waals surface area contributed by atoms with E-state index in [9.17, 15) is 8.96 Å². The number of methoxy groups -OCH3 is 1. The molecule has 0 fully saturated rings. The van der Waals surface area contributed by atoms with Crippen molar-refractivity contribution < 1.29 is 23.5 Å². The minimum atomic E-state index is -4.30. The predicted molar refractivity (Wildman–Crippen MR) is 53.1 cm³/mol. The summed E-state index contributed by atoms with van der Waals surface area (Å²) in [6.07, 6.45) is -0.671. The summed E-state index contributed by atoms with van der Waals surface area (Å²) in [6, 6.07) is 2.57. The molecule has 4 N–H and O–H groups in total. The minimum absolute atomic E-state index is 0.0875. The lowest BCUT2D eigenvalue weighted by molar-refractivity contribution is 0.367. The molecule has 1 aromatic carbocycles. The summed E-state index contributed by atoms with van der Waals surface area (Å²) in [6.45, 7) is 0. The Morgan fingerprint density at radius 1 is 1.53 bits per heavy atom. The number of ether oxygens (including phenoxy) is 1. The van der Waals surface area contributed by atoms with Gasteiger partial charge in [-0.05, 0) is 6.07 Å². The maximum atomic E-state index is 13.5. The highest BCUT2D eigenvalue weighted by Crippen LogP contribution is 2.41. The van der Waals surface area contributed by atoms with E-state index >= 15 is 0 Å². The number of benzene rings is 1. The van der Waals surface area contributed by atoms with Crippen LogP contribution >= 0.6 is 7.60 Å². The van der Waals surface area contributed by atoms with E-state index < -0.39 is 19.6 Å². The van der Waals surface area contributed by atoms with E-state index in [1.807, 2.05) is 0 Å². The Hall–Kier alpha value is -1.10. The Morgan fingerprint density at radius 3 is 2.60 bits per heavy atom. The van der Waals surface area contributed by atoms with Crippen molar-refractivity contribution in [3.63, 3.8) is 0 Å². The van der Waals surface area contributed by atoms with Crippen molar-refractivity contribution in [1.82, 2.24) is 0 Å². The third kappa shape index (κ3) is 2.92. The SMILES string of the molecule is COc1c(N)ccc(CP(=O)(O)O)c1F. The molecule has 0 spiro atoms. The van der Waals surface area contributed by atoms with E-state index in [-0.39, 0.29) is 17.0 Å². The molecule has 0 saturated carbocycles. The normalized spacial score (nSPS) is 11.5. The van der Waals surface area contributed by atoms with Gasteiger partial charge < -0.3 is 20.3 Å². The number of rotatable bonds is 3. The Labute approximate surface area is 85.8 Å². The maximum absolute atomic E-state index is 13.5. The van der Waals surface area contributed by atoms with Crippen molar-refractivity contribution in [3.8, 4) is 5.75 Å². The van der Waals surface area contributed by atoms with Crippen molar-refractivity contribution in [3.05, 3.63) is 23.5 Å². The average Bonchev–Trinajstić information content (AvgIpc) is 2.09. The first-order valence-electron chi connectivity index (χ1n) is 4.00. The molecule has 0 saturated heterocycles. The first kappa shape index (κ1) is 12.0. The molecule has 84 valence electrons. The standard InChI is InChI=1S/C8H11FNO4P/c1-14-8-6(10)3-2-5(7(8)9)4-15(11,12)13/h2-3H,4,10H2,1H3,(H2,11,12,13). The van der Waals surface area contributed by atoms with Crippen LogP contribution in [-0.2, 0) is 10.7 Å². The molecule has 1 rings (SSSR count). The summed E-state index contributed by atoms with van der Waals surface area (Å²) in [7, 11) is -3.06. The van der Waals surface area contributed by atoms with Gasteiger partial charge in [-0.25, -0.2) is 4.39 Å². The van der Waals surface area contributed by atoms with Crippen molar-refractivity contribution in [2.75, 3.05) is 12.8 Å². The number of nitrogens with two attached hydrogens (primary N) is 1. The van der Waals surface area contributed by atoms with Gasteiger partial charge in [-0.3, -0.25) is 4.57 Å². The Balaban J connectivity index is 3.16. The fourth-order valence-electron chi connectivity index (χ4n) is 1.16. The lowest BCUT2D eigenvalue weighted by Crippen LogP contribution is -2.00. The molecule has 0 aliphatic heterocycles. The lowest BCUT2D eigenvalue weighted by Gasteiger charge is -2.10. The molecule has 0 atom stereocenters. The largest absolute Gasteiger partial charge is 0.492 e. The van der Waals surface area contributed by atoms with Crippen LogP contribution in [-0.4, -0.2) is 16.9 Å². The molecule has 0 aliphatic rings. The van der Waals surface area contributed by atoms with Gasteiger partial charge in [-0.1, -0.05) is 6.07 Å². The van der Waals surface area contributed by atoms with Gasteiger partial charge >= 0.3 is 7.60 Å². The summed E-state index contributed by atoms with van der Waals surface area (Å²) in [5.41, 5.74) is 5.38. The smallest absolute Gasteiger partial charge is 0.330 e. The molecule has 0 radical (unpaired) electrons. The van der Waals surface area contributed by atoms with Gasteiger partial charge in [-0.2, -0.15) is 0 Å². The zero-order valence-corrected chi connectivity index (χ0v) is 8.87. The van der Waals surface area contributed by atoms with Crippen LogP contribution in [0.15, 0.2) is 12.1 Å². The molecule has 0 amide bonds. The molecule has 1 aromatic rings. The van der Waals surface area contributed by atoms with Gasteiger partial charge in [0.15, 0.2) is 11.6 Å². The highest BCUT2D eigenvalue weighted by Gasteiger charge is 2.20. The molecule has 5 nitrogen and oxygen atoms in total. The summed E-state index contributed by atoms with van der Waals surface area (Å²) < 4.78 is 28.9. The van der Waals surface area contributed by atoms with Crippen molar-refractivity contribution in [1.29, 1.82) is 0 Å². The Bertz CT molecular complexity index is 417. The van der Waals surface area contributed by atoms with Crippen LogP contribution < -0.4 is 10.5 Å². The Morgan fingerprint density at radius 2 is 2.13 bits per heavy atom. The first-order valence-corrected chi connectivity index (χ1v) is 5.80. The summed E-state index contributed by atoms with van der Waals surface area (Å²) in [5.74, 6) is -1.03. The zero-order valence-electron chi connectivity index (χ0n) is 7.98. The third-order valence-corrected chi connectivity index (χ3v) is 2.54. The van der Waals surface area contributed by atoms with Crippen molar-refractivity contribution in [2.24, 2.45) is 0 Å². The van der Waals surface area contributed by atoms with Crippen LogP contribution in [0.1, 0.15) is 5.56 Å². The van der Waals surface area contributed by atoms with Gasteiger partial charge in [0.2, 0.25) is 0 Å². The quantitative estimate of drug-likeness (QED) is 0.538. The first-order chi connectivity index (χ1) is 6.85. The van der Waals surface area contributed by atoms with E-state index in [4.69, 9.17) is 15.5 Å². The molecular formula is C8H11FNO4P. The number of anilines is 1. The number of nitrogen functional groups attached to an aromatic ring is 1. The second-order valence-electron chi connectivity index (χ2n) is 2.98. The Kier molecular flexibility index (Phi) is 3.34. The molecule has 15 heavy (non-hydrogen) atoms. The third-order valence-electron chi connectivity index (χ3n) is 1.79. The molecule has 0 bridgehead atoms. The average molecular weight is 235 g/mol. The lowest BCUT2D eigenvalue weighted by atomic mass is 10.2. The van der Waals surface area contributed by atoms with Crippen LogP contribution in [0.3, 0.4) is 0 Å². The van der Waals surface area contributed by atoms with E-state index in [1.165, 1.54) is 19.2 Å². The summed E-state index contributed by atoms with van der Waals surface area (Å²) >= 11 is 0. The zero-order chi connectivity index (χ0) is 11.6. The van der Waals surface area contributed by atoms with Crippen LogP contribution in [0.25, 0.3) is 0 Å². The van der Waals surface area contributed by atoms with Gasteiger partial charge in [0.25, 0.3) is 0 Å². The topological polar surface area (TPSA) is 92.8 Å². The van der Waals surface area contributed by atoms with E-state index in [2.05, 4.69) is 4.74 Å². The predicted octanol–water partition coefficient (Wildman–Crippen LogP) is 1.09. The number of hydrogen-bond acceptors (Lipinski definition) is 3. The van der Waals surface area contributed by atoms with Crippen LogP contribution in [0, 0.1) is 5.82 Å². The van der Waals surface area contributed by atoms with Gasteiger partial charge in [0, 0.05) is 5.56 Å². The van der Waals surface area contributed by atoms with E-state index in [0.717, 1.165) is 0 Å². The monoisotopic (exact) mass is 235 g/mol. The van der Waals surface area contributed by atoms with Crippen molar-refractivity contribution >= 4 is 13.3 Å². The minimum Gasteiger partial charge on any atom is -0.492 e. The van der Waals surface area contributed by atoms with Gasteiger partial charge in [0.05, 0.1) is 19.0 Å². The highest BCUT2D eigenvalue weighted by molar-refractivity contribution is 7.50. The van der Waals surface area contributed by atoms with E-state index in [1.54, 1.807) is 0 Å². The fourth-order valence-corrected chi connectivity index (χ4v) is 1.85. The maximum Gasteiger partial charge on any atom is 0.330 e. The van der Waals surface area contributed by atoms with Crippen LogP contribution in [0.4, 0.5) is 10.1 Å².